The monoisotopic (exact) mass is 382 g/mol. The molecule has 5 nitrogen and oxygen atoms in total. The van der Waals surface area contributed by atoms with Crippen molar-refractivity contribution in [2.75, 3.05) is 7.05 Å². The number of hydrogen-bond donors (Lipinski definition) is 2. The Bertz CT molecular complexity index is 949. The van der Waals surface area contributed by atoms with Gasteiger partial charge in [0.1, 0.15) is 23.6 Å². The number of allylic oxidation sites excluding steroid dienone is 2. The van der Waals surface area contributed by atoms with Crippen LogP contribution in [0.2, 0.25) is 0 Å². The predicted octanol–water partition coefficient (Wildman–Crippen LogP) is 4.09. The molecule has 2 aromatic carbocycles. The molecule has 2 N–H and O–H groups in total. The highest BCUT2D eigenvalue weighted by atomic mass is 19.1. The fourth-order valence-electron chi connectivity index (χ4n) is 2.58. The second-order valence-electron chi connectivity index (χ2n) is 6.28. The summed E-state index contributed by atoms with van der Waals surface area (Å²) in [4.78, 5) is 23.5. The Kier molecular flexibility index (Phi) is 7.09. The number of benzene rings is 2. The van der Waals surface area contributed by atoms with E-state index in [1.165, 1.54) is 24.3 Å². The van der Waals surface area contributed by atoms with E-state index >= 15 is 0 Å². The smallest absolute Gasteiger partial charge is 0.259 e. The van der Waals surface area contributed by atoms with Crippen LogP contribution >= 0.6 is 0 Å². The predicted molar refractivity (Wildman–Crippen MR) is 107 cm³/mol. The maximum atomic E-state index is 13.8. The zero-order valence-corrected chi connectivity index (χ0v) is 16.3. The van der Waals surface area contributed by atoms with Crippen molar-refractivity contribution in [1.29, 1.82) is 0 Å². The molecule has 0 heterocycles. The third kappa shape index (κ3) is 5.30. The first-order valence-corrected chi connectivity index (χ1v) is 8.71. The van der Waals surface area contributed by atoms with Crippen LogP contribution in [0.25, 0.3) is 0 Å². The van der Waals surface area contributed by atoms with Gasteiger partial charge >= 0.3 is 0 Å². The highest BCUT2D eigenvalue weighted by molar-refractivity contribution is 5.98. The summed E-state index contributed by atoms with van der Waals surface area (Å²) in [7, 11) is 1.68. The van der Waals surface area contributed by atoms with Crippen LogP contribution in [0.5, 0.6) is 11.5 Å². The Morgan fingerprint density at radius 3 is 2.54 bits per heavy atom. The van der Waals surface area contributed by atoms with Gasteiger partial charge < -0.3 is 15.4 Å². The van der Waals surface area contributed by atoms with Crippen LogP contribution in [0.15, 0.2) is 54.4 Å². The molecule has 2 rings (SSSR count). The summed E-state index contributed by atoms with van der Waals surface area (Å²) in [5, 5.41) is 5.34. The molecule has 0 saturated carbocycles. The molecule has 1 amide bonds. The number of rotatable bonds is 7. The number of hydrogen-bond acceptors (Lipinski definition) is 4. The first-order valence-electron chi connectivity index (χ1n) is 8.71. The zero-order valence-electron chi connectivity index (χ0n) is 16.3. The summed E-state index contributed by atoms with van der Waals surface area (Å²) in [6, 6.07) is 7.63. The minimum Gasteiger partial charge on any atom is -0.456 e. The van der Waals surface area contributed by atoms with Crippen molar-refractivity contribution in [2.24, 2.45) is 0 Å². The molecule has 0 fully saturated rings. The molecule has 0 radical (unpaired) electrons. The van der Waals surface area contributed by atoms with Crippen molar-refractivity contribution in [2.45, 2.75) is 20.8 Å². The van der Waals surface area contributed by atoms with E-state index < -0.39 is 11.7 Å². The van der Waals surface area contributed by atoms with E-state index in [0.717, 1.165) is 22.8 Å². The molecule has 0 aromatic heterocycles. The molecule has 146 valence electrons. The molecule has 0 atom stereocenters. The number of aryl methyl sites for hydroxylation is 2. The molecule has 6 heteroatoms. The summed E-state index contributed by atoms with van der Waals surface area (Å²) < 4.78 is 19.8. The van der Waals surface area contributed by atoms with E-state index in [4.69, 9.17) is 4.74 Å². The molecular weight excluding hydrogens is 359 g/mol. The van der Waals surface area contributed by atoms with Crippen LogP contribution in [0.3, 0.4) is 0 Å². The Labute approximate surface area is 163 Å². The number of ether oxygens (including phenoxy) is 1. The topological polar surface area (TPSA) is 67.4 Å². The fourth-order valence-corrected chi connectivity index (χ4v) is 2.58. The largest absolute Gasteiger partial charge is 0.456 e. The minimum absolute atomic E-state index is 0.0215. The lowest BCUT2D eigenvalue weighted by molar-refractivity contribution is -0.104. The van der Waals surface area contributed by atoms with Crippen LogP contribution < -0.4 is 15.4 Å². The van der Waals surface area contributed by atoms with Gasteiger partial charge in [-0.1, -0.05) is 6.07 Å². The standard InChI is InChI=1S/C22H23FN2O3/c1-14-11-15(2)16(3)21(12-14)28-20-6-5-17(23)13-19(20)22(27)25-18(8-10-26)7-9-24-4/h5-13,24H,1-4H3,(H,25,27)/b9-7-,18-8+. The third-order valence-corrected chi connectivity index (χ3v) is 4.11. The summed E-state index contributed by atoms with van der Waals surface area (Å²) in [6.45, 7) is 5.83. The van der Waals surface area contributed by atoms with Gasteiger partial charge in [0.25, 0.3) is 5.91 Å². The van der Waals surface area contributed by atoms with Crippen LogP contribution in [0.1, 0.15) is 27.0 Å². The van der Waals surface area contributed by atoms with Crippen molar-refractivity contribution in [3.05, 3.63) is 82.5 Å². The first kappa shape index (κ1) is 20.9. The highest BCUT2D eigenvalue weighted by Gasteiger charge is 2.16. The number of carbonyl (C=O) groups is 2. The molecule has 0 aliphatic rings. The molecule has 0 unspecified atom stereocenters. The highest BCUT2D eigenvalue weighted by Crippen LogP contribution is 2.31. The average Bonchev–Trinajstić information content (AvgIpc) is 2.65. The van der Waals surface area contributed by atoms with Gasteiger partial charge in [0.05, 0.1) is 5.56 Å². The van der Waals surface area contributed by atoms with Gasteiger partial charge in [-0.15, -0.1) is 0 Å². The molecule has 0 aliphatic heterocycles. The lowest BCUT2D eigenvalue weighted by atomic mass is 10.1. The van der Waals surface area contributed by atoms with Crippen molar-refractivity contribution in [3.8, 4) is 11.5 Å². The van der Waals surface area contributed by atoms with Crippen molar-refractivity contribution in [3.63, 3.8) is 0 Å². The zero-order chi connectivity index (χ0) is 20.7. The Hall–Kier alpha value is -3.41. The van der Waals surface area contributed by atoms with Crippen molar-refractivity contribution in [1.82, 2.24) is 10.6 Å². The van der Waals surface area contributed by atoms with Gasteiger partial charge in [0.2, 0.25) is 0 Å². The van der Waals surface area contributed by atoms with Crippen LogP contribution in [-0.2, 0) is 4.79 Å². The summed E-state index contributed by atoms with van der Waals surface area (Å²) in [6.07, 6.45) is 4.81. The maximum Gasteiger partial charge on any atom is 0.259 e. The summed E-state index contributed by atoms with van der Waals surface area (Å²) >= 11 is 0. The van der Waals surface area contributed by atoms with E-state index in [1.54, 1.807) is 13.2 Å². The van der Waals surface area contributed by atoms with Crippen LogP contribution in [0, 0.1) is 26.6 Å². The third-order valence-electron chi connectivity index (χ3n) is 4.11. The van der Waals surface area contributed by atoms with E-state index in [9.17, 15) is 14.0 Å². The number of amides is 1. The Morgan fingerprint density at radius 1 is 1.11 bits per heavy atom. The normalized spacial score (nSPS) is 11.4. The second-order valence-corrected chi connectivity index (χ2v) is 6.28. The average molecular weight is 382 g/mol. The van der Waals surface area contributed by atoms with E-state index in [-0.39, 0.29) is 17.0 Å². The summed E-state index contributed by atoms with van der Waals surface area (Å²) in [5.74, 6) is -0.348. The molecule has 0 aliphatic carbocycles. The molecule has 0 saturated heterocycles. The van der Waals surface area contributed by atoms with E-state index in [1.807, 2.05) is 32.9 Å². The molecule has 28 heavy (non-hydrogen) atoms. The molecular formula is C22H23FN2O3. The van der Waals surface area contributed by atoms with Crippen LogP contribution in [-0.4, -0.2) is 19.2 Å². The minimum atomic E-state index is -0.592. The van der Waals surface area contributed by atoms with Crippen molar-refractivity contribution >= 4 is 12.2 Å². The number of halogens is 1. The molecule has 2 aromatic rings. The Balaban J connectivity index is 2.39. The number of nitrogens with one attached hydrogen (secondary N) is 2. The maximum absolute atomic E-state index is 13.8. The van der Waals surface area contributed by atoms with Crippen LogP contribution in [0.4, 0.5) is 4.39 Å². The van der Waals surface area contributed by atoms with E-state index in [0.29, 0.717) is 12.0 Å². The first-order chi connectivity index (χ1) is 13.3. The van der Waals surface area contributed by atoms with Gasteiger partial charge in [-0.3, -0.25) is 9.59 Å². The fraction of sp³-hybridized carbons (Fsp3) is 0.182. The lowest BCUT2D eigenvalue weighted by Gasteiger charge is -2.15. The summed E-state index contributed by atoms with van der Waals surface area (Å²) in [5.41, 5.74) is 3.27. The van der Waals surface area contributed by atoms with Gasteiger partial charge in [-0.2, -0.15) is 0 Å². The lowest BCUT2D eigenvalue weighted by Crippen LogP contribution is -2.23. The van der Waals surface area contributed by atoms with Gasteiger partial charge in [-0.05, 0) is 74.0 Å². The molecule has 0 spiro atoms. The van der Waals surface area contributed by atoms with Crippen molar-refractivity contribution < 1.29 is 18.7 Å². The SMILES string of the molecule is CN/C=C\C(=C/C=O)NC(=O)c1cc(F)ccc1Oc1cc(C)cc(C)c1C. The number of carbonyl (C=O) groups excluding carboxylic acids is 2. The molecule has 0 bridgehead atoms. The number of aldehydes is 1. The Morgan fingerprint density at radius 2 is 1.86 bits per heavy atom. The van der Waals surface area contributed by atoms with E-state index in [2.05, 4.69) is 10.6 Å². The van der Waals surface area contributed by atoms with Gasteiger partial charge in [0, 0.05) is 18.8 Å². The van der Waals surface area contributed by atoms with Gasteiger partial charge in [0.15, 0.2) is 0 Å². The van der Waals surface area contributed by atoms with Gasteiger partial charge in [-0.25, -0.2) is 4.39 Å². The second kappa shape index (κ2) is 9.50. The quantitative estimate of drug-likeness (QED) is 0.430.